The Morgan fingerprint density at radius 2 is 1.74 bits per heavy atom. The van der Waals surface area contributed by atoms with E-state index in [1.807, 2.05) is 47.0 Å². The molecule has 0 unspecified atom stereocenters. The first-order valence-electron chi connectivity index (χ1n) is 9.91. The molecule has 1 aliphatic rings. The minimum absolute atomic E-state index is 0.0178. The van der Waals surface area contributed by atoms with Gasteiger partial charge in [-0.05, 0) is 37.6 Å². The number of ether oxygens (including phenoxy) is 1. The van der Waals surface area contributed by atoms with Crippen molar-refractivity contribution < 1.29 is 29.3 Å². The summed E-state index contributed by atoms with van der Waals surface area (Å²) in [6, 6.07) is 10.2. The second kappa shape index (κ2) is 11.7. The predicted octanol–water partition coefficient (Wildman–Crippen LogP) is 2.23. The molecule has 0 atom stereocenters. The van der Waals surface area contributed by atoms with E-state index in [2.05, 4.69) is 10.4 Å². The fourth-order valence-electron chi connectivity index (χ4n) is 3.38. The third kappa shape index (κ3) is 7.74. The zero-order chi connectivity index (χ0) is 22.8. The molecule has 10 nitrogen and oxygen atoms in total. The summed E-state index contributed by atoms with van der Waals surface area (Å²) >= 11 is 0. The zero-order valence-electron chi connectivity index (χ0n) is 17.7. The summed E-state index contributed by atoms with van der Waals surface area (Å²) in [5, 5.41) is 22.2. The lowest BCUT2D eigenvalue weighted by Crippen LogP contribution is -2.30. The summed E-state index contributed by atoms with van der Waals surface area (Å²) in [5.74, 6) is -2.03. The quantitative estimate of drug-likeness (QED) is 0.567. The number of hydrogen-bond acceptors (Lipinski definition) is 6. The van der Waals surface area contributed by atoms with E-state index in [1.54, 1.807) is 13.3 Å². The molecule has 1 heterocycles. The maximum Gasteiger partial charge on any atom is 0.414 e. The van der Waals surface area contributed by atoms with E-state index in [9.17, 15) is 4.79 Å². The number of carboxylic acids is 2. The lowest BCUT2D eigenvalue weighted by molar-refractivity contribution is -0.159. The summed E-state index contributed by atoms with van der Waals surface area (Å²) in [7, 11) is 3.60. The molecule has 0 saturated heterocycles. The van der Waals surface area contributed by atoms with Crippen LogP contribution < -0.4 is 10.1 Å². The van der Waals surface area contributed by atoms with E-state index in [1.165, 1.54) is 12.8 Å². The average molecular weight is 432 g/mol. The van der Waals surface area contributed by atoms with Crippen LogP contribution in [0.3, 0.4) is 0 Å². The number of benzene rings is 1. The first-order valence-corrected chi connectivity index (χ1v) is 9.91. The van der Waals surface area contributed by atoms with Gasteiger partial charge >= 0.3 is 11.9 Å². The summed E-state index contributed by atoms with van der Waals surface area (Å²) in [6.07, 6.45) is 6.52. The molecule has 0 aliphatic heterocycles. The molecule has 0 bridgehead atoms. The first-order chi connectivity index (χ1) is 14.8. The highest BCUT2D eigenvalue weighted by molar-refractivity contribution is 6.27. The van der Waals surface area contributed by atoms with E-state index >= 15 is 0 Å². The molecule has 31 heavy (non-hydrogen) atoms. The molecular weight excluding hydrogens is 404 g/mol. The maximum absolute atomic E-state index is 12.4. The third-order valence-corrected chi connectivity index (χ3v) is 4.82. The first kappa shape index (κ1) is 23.9. The van der Waals surface area contributed by atoms with Crippen molar-refractivity contribution in [1.29, 1.82) is 0 Å². The molecule has 3 N–H and O–H groups in total. The molecule has 1 fully saturated rings. The van der Waals surface area contributed by atoms with Crippen molar-refractivity contribution in [3.63, 3.8) is 0 Å². The Balaban J connectivity index is 0.000000501. The number of carboxylic acid groups (broad SMARTS) is 2. The Morgan fingerprint density at radius 1 is 1.13 bits per heavy atom. The smallest absolute Gasteiger partial charge is 0.414 e. The highest BCUT2D eigenvalue weighted by Gasteiger charge is 2.20. The molecule has 1 aromatic carbocycles. The standard InChI is InChI=1S/C19H26N4O2.C2H2O4/c1-22(13-15-7-9-17(25-2)10-8-15)14-19(24)21-18-11-12-20-23(18)16-5-3-4-6-16;3-1(4)2(5)6/h7-12,16H,3-6,13-14H2,1-2H3,(H,21,24);(H,3,4)(H,5,6). The Labute approximate surface area is 180 Å². The number of methoxy groups -OCH3 is 1. The Kier molecular flexibility index (Phi) is 9.01. The van der Waals surface area contributed by atoms with Crippen LogP contribution in [0.2, 0.25) is 0 Å². The van der Waals surface area contributed by atoms with E-state index in [0.29, 0.717) is 19.1 Å². The summed E-state index contributed by atoms with van der Waals surface area (Å²) in [5.41, 5.74) is 1.15. The number of anilines is 1. The van der Waals surface area contributed by atoms with Crippen LogP contribution in [0.25, 0.3) is 0 Å². The molecule has 2 aromatic rings. The number of rotatable bonds is 7. The molecular formula is C21H28N4O6. The average Bonchev–Trinajstić information content (AvgIpc) is 3.40. The molecule has 168 valence electrons. The molecule has 0 spiro atoms. The number of aliphatic carboxylic acids is 2. The lowest BCUT2D eigenvalue weighted by atomic mass is 10.2. The monoisotopic (exact) mass is 432 g/mol. The Hall–Kier alpha value is -3.40. The predicted molar refractivity (Wildman–Crippen MR) is 113 cm³/mol. The van der Waals surface area contributed by atoms with E-state index in [4.69, 9.17) is 24.5 Å². The van der Waals surface area contributed by atoms with Crippen molar-refractivity contribution in [2.24, 2.45) is 0 Å². The Morgan fingerprint density at radius 3 is 2.29 bits per heavy atom. The van der Waals surface area contributed by atoms with Crippen LogP contribution in [-0.4, -0.2) is 63.4 Å². The highest BCUT2D eigenvalue weighted by atomic mass is 16.5. The van der Waals surface area contributed by atoms with Crippen LogP contribution in [0.5, 0.6) is 5.75 Å². The fourth-order valence-corrected chi connectivity index (χ4v) is 3.38. The molecule has 3 rings (SSSR count). The third-order valence-electron chi connectivity index (χ3n) is 4.82. The van der Waals surface area contributed by atoms with E-state index < -0.39 is 11.9 Å². The van der Waals surface area contributed by atoms with Crippen LogP contribution in [0.1, 0.15) is 37.3 Å². The number of hydrogen-bond donors (Lipinski definition) is 3. The van der Waals surface area contributed by atoms with Gasteiger partial charge in [0.1, 0.15) is 11.6 Å². The second-order valence-corrected chi connectivity index (χ2v) is 7.28. The van der Waals surface area contributed by atoms with Crippen molar-refractivity contribution in [2.45, 2.75) is 38.3 Å². The van der Waals surface area contributed by atoms with Gasteiger partial charge < -0.3 is 20.3 Å². The van der Waals surface area contributed by atoms with Crippen LogP contribution >= 0.6 is 0 Å². The number of likely N-dealkylation sites (N-methyl/N-ethyl adjacent to an activating group) is 1. The van der Waals surface area contributed by atoms with Crippen LogP contribution in [0.4, 0.5) is 5.82 Å². The molecule has 1 saturated carbocycles. The summed E-state index contributed by atoms with van der Waals surface area (Å²) in [4.78, 5) is 32.6. The van der Waals surface area contributed by atoms with Crippen LogP contribution in [-0.2, 0) is 20.9 Å². The van der Waals surface area contributed by atoms with Gasteiger partial charge in [-0.1, -0.05) is 25.0 Å². The SMILES string of the molecule is COc1ccc(CN(C)CC(=O)Nc2ccnn2C2CCCC2)cc1.O=C(O)C(=O)O. The molecule has 1 amide bonds. The van der Waals surface area contributed by atoms with Crippen LogP contribution in [0.15, 0.2) is 36.5 Å². The number of nitrogens with one attached hydrogen (secondary N) is 1. The van der Waals surface area contributed by atoms with Gasteiger partial charge in [0, 0.05) is 12.6 Å². The number of aromatic nitrogens is 2. The largest absolute Gasteiger partial charge is 0.497 e. The topological polar surface area (TPSA) is 134 Å². The maximum atomic E-state index is 12.4. The van der Waals surface area contributed by atoms with Gasteiger partial charge in [0.25, 0.3) is 0 Å². The zero-order valence-corrected chi connectivity index (χ0v) is 17.7. The lowest BCUT2D eigenvalue weighted by Gasteiger charge is -2.18. The van der Waals surface area contributed by atoms with E-state index in [0.717, 1.165) is 30.0 Å². The van der Waals surface area contributed by atoms with Gasteiger partial charge in [-0.25, -0.2) is 14.3 Å². The number of carbonyl (C=O) groups is 3. The molecule has 1 aromatic heterocycles. The minimum Gasteiger partial charge on any atom is -0.497 e. The van der Waals surface area contributed by atoms with Gasteiger partial charge in [-0.2, -0.15) is 5.10 Å². The highest BCUT2D eigenvalue weighted by Crippen LogP contribution is 2.31. The van der Waals surface area contributed by atoms with Crippen molar-refractivity contribution in [2.75, 3.05) is 26.0 Å². The number of carbonyl (C=O) groups excluding carboxylic acids is 1. The minimum atomic E-state index is -1.82. The van der Waals surface area contributed by atoms with Gasteiger partial charge in [0.05, 0.1) is 25.9 Å². The van der Waals surface area contributed by atoms with Crippen LogP contribution in [0, 0.1) is 0 Å². The Bertz CT molecular complexity index is 862. The summed E-state index contributed by atoms with van der Waals surface area (Å²) < 4.78 is 7.13. The van der Waals surface area contributed by atoms with Crippen molar-refractivity contribution in [3.05, 3.63) is 42.1 Å². The second-order valence-electron chi connectivity index (χ2n) is 7.28. The van der Waals surface area contributed by atoms with Gasteiger partial charge in [-0.3, -0.25) is 9.69 Å². The van der Waals surface area contributed by atoms with Gasteiger partial charge in [0.2, 0.25) is 5.91 Å². The molecule has 0 radical (unpaired) electrons. The van der Waals surface area contributed by atoms with Crippen molar-refractivity contribution in [3.8, 4) is 5.75 Å². The molecule has 1 aliphatic carbocycles. The summed E-state index contributed by atoms with van der Waals surface area (Å²) in [6.45, 7) is 1.04. The van der Waals surface area contributed by atoms with Crippen molar-refractivity contribution in [1.82, 2.24) is 14.7 Å². The van der Waals surface area contributed by atoms with Gasteiger partial charge in [-0.15, -0.1) is 0 Å². The fraction of sp³-hybridized carbons (Fsp3) is 0.429. The number of nitrogens with zero attached hydrogens (tertiary/aromatic N) is 3. The normalized spacial score (nSPS) is 13.4. The van der Waals surface area contributed by atoms with E-state index in [-0.39, 0.29) is 5.91 Å². The molecule has 10 heteroatoms. The van der Waals surface area contributed by atoms with Gasteiger partial charge in [0.15, 0.2) is 0 Å². The van der Waals surface area contributed by atoms with Crippen molar-refractivity contribution >= 4 is 23.7 Å². The number of amides is 1.